The van der Waals surface area contributed by atoms with Crippen molar-refractivity contribution in [3.05, 3.63) is 55.1 Å². The van der Waals surface area contributed by atoms with Crippen molar-refractivity contribution >= 4 is 26.7 Å². The summed E-state index contributed by atoms with van der Waals surface area (Å²) in [4.78, 5) is 11.4. The minimum Gasteiger partial charge on any atom is -0.368 e. The minimum atomic E-state index is -3.82. The molecule has 0 unspecified atom stereocenters. The van der Waals surface area contributed by atoms with Gasteiger partial charge in [-0.05, 0) is 29.3 Å². The molecule has 2 rings (SSSR count). The number of amides is 1. The van der Waals surface area contributed by atoms with E-state index >= 15 is 0 Å². The van der Waals surface area contributed by atoms with Gasteiger partial charge in [-0.1, -0.05) is 36.4 Å². The first-order valence-electron chi connectivity index (χ1n) is 6.35. The molecule has 0 aliphatic heterocycles. The maximum atomic E-state index is 12.3. The Bertz CT molecular complexity index is 784. The SMILES string of the molecule is C=CC[C@@H](NS(=O)(=O)c1ccc2ccccc2c1)C(N)=O. The van der Waals surface area contributed by atoms with Crippen LogP contribution >= 0.6 is 0 Å². The first-order chi connectivity index (χ1) is 9.94. The normalized spacial score (nSPS) is 13.0. The first kappa shape index (κ1) is 15.2. The molecular weight excluding hydrogens is 288 g/mol. The number of rotatable bonds is 6. The Morgan fingerprint density at radius 1 is 1.24 bits per heavy atom. The second kappa shape index (κ2) is 6.07. The van der Waals surface area contributed by atoms with Crippen molar-refractivity contribution < 1.29 is 13.2 Å². The Hall–Kier alpha value is -2.18. The number of carbonyl (C=O) groups excluding carboxylic acids is 1. The highest BCUT2D eigenvalue weighted by Gasteiger charge is 2.23. The molecule has 0 aliphatic rings. The highest BCUT2D eigenvalue weighted by molar-refractivity contribution is 7.89. The summed E-state index contributed by atoms with van der Waals surface area (Å²) in [6, 6.07) is 11.2. The van der Waals surface area contributed by atoms with E-state index in [0.29, 0.717) is 0 Å². The van der Waals surface area contributed by atoms with E-state index in [2.05, 4.69) is 11.3 Å². The van der Waals surface area contributed by atoms with E-state index in [-0.39, 0.29) is 11.3 Å². The van der Waals surface area contributed by atoms with Gasteiger partial charge >= 0.3 is 0 Å². The third kappa shape index (κ3) is 3.48. The fraction of sp³-hybridized carbons (Fsp3) is 0.133. The summed E-state index contributed by atoms with van der Waals surface area (Å²) < 4.78 is 26.9. The number of primary amides is 1. The number of fused-ring (bicyclic) bond motifs is 1. The van der Waals surface area contributed by atoms with Crippen LogP contribution < -0.4 is 10.5 Å². The van der Waals surface area contributed by atoms with Crippen LogP contribution in [0, 0.1) is 0 Å². The molecule has 0 aliphatic carbocycles. The van der Waals surface area contributed by atoms with Crippen molar-refractivity contribution in [2.45, 2.75) is 17.4 Å². The Kier molecular flexibility index (Phi) is 4.40. The zero-order chi connectivity index (χ0) is 15.5. The summed E-state index contributed by atoms with van der Waals surface area (Å²) in [7, 11) is -3.82. The van der Waals surface area contributed by atoms with Gasteiger partial charge in [-0.15, -0.1) is 6.58 Å². The molecule has 0 saturated carbocycles. The molecule has 2 aromatic rings. The summed E-state index contributed by atoms with van der Waals surface area (Å²) in [6.45, 7) is 3.48. The lowest BCUT2D eigenvalue weighted by molar-refractivity contribution is -0.119. The molecule has 0 aromatic heterocycles. The molecule has 2 aromatic carbocycles. The molecule has 110 valence electrons. The Morgan fingerprint density at radius 3 is 2.52 bits per heavy atom. The molecule has 0 spiro atoms. The van der Waals surface area contributed by atoms with Gasteiger partial charge < -0.3 is 5.73 Å². The molecule has 21 heavy (non-hydrogen) atoms. The van der Waals surface area contributed by atoms with Crippen molar-refractivity contribution in [3.63, 3.8) is 0 Å². The van der Waals surface area contributed by atoms with Gasteiger partial charge in [0.05, 0.1) is 4.90 Å². The number of nitrogens with two attached hydrogens (primary N) is 1. The van der Waals surface area contributed by atoms with E-state index in [1.54, 1.807) is 12.1 Å². The zero-order valence-corrected chi connectivity index (χ0v) is 12.1. The summed E-state index contributed by atoms with van der Waals surface area (Å²) in [5.74, 6) is -0.737. The van der Waals surface area contributed by atoms with Crippen molar-refractivity contribution in [1.29, 1.82) is 0 Å². The van der Waals surface area contributed by atoms with E-state index in [1.807, 2.05) is 24.3 Å². The summed E-state index contributed by atoms with van der Waals surface area (Å²) in [5, 5.41) is 1.74. The van der Waals surface area contributed by atoms with Gasteiger partial charge in [0.2, 0.25) is 15.9 Å². The Labute approximate surface area is 123 Å². The smallest absolute Gasteiger partial charge is 0.241 e. The van der Waals surface area contributed by atoms with Gasteiger partial charge in [0, 0.05) is 0 Å². The lowest BCUT2D eigenvalue weighted by Crippen LogP contribution is -2.43. The van der Waals surface area contributed by atoms with Crippen LogP contribution in [0.15, 0.2) is 60.0 Å². The summed E-state index contributed by atoms with van der Waals surface area (Å²) in [6.07, 6.45) is 1.58. The molecule has 0 saturated heterocycles. The molecular formula is C15H16N2O3S. The van der Waals surface area contributed by atoms with Gasteiger partial charge in [0.15, 0.2) is 0 Å². The number of hydrogen-bond acceptors (Lipinski definition) is 3. The lowest BCUT2D eigenvalue weighted by atomic mass is 10.1. The number of carbonyl (C=O) groups is 1. The quantitative estimate of drug-likeness (QED) is 0.793. The van der Waals surface area contributed by atoms with Gasteiger partial charge in [-0.2, -0.15) is 4.72 Å². The first-order valence-corrected chi connectivity index (χ1v) is 7.84. The van der Waals surface area contributed by atoms with Crippen LogP contribution in [0.5, 0.6) is 0 Å². The summed E-state index contributed by atoms with van der Waals surface area (Å²) >= 11 is 0. The highest BCUT2D eigenvalue weighted by atomic mass is 32.2. The van der Waals surface area contributed by atoms with Gasteiger partial charge in [-0.3, -0.25) is 4.79 Å². The van der Waals surface area contributed by atoms with Crippen LogP contribution in [0.2, 0.25) is 0 Å². The van der Waals surface area contributed by atoms with Gasteiger partial charge in [0.1, 0.15) is 6.04 Å². The van der Waals surface area contributed by atoms with Crippen LogP contribution in [-0.4, -0.2) is 20.4 Å². The van der Waals surface area contributed by atoms with Crippen LogP contribution in [0.25, 0.3) is 10.8 Å². The third-order valence-electron chi connectivity index (χ3n) is 3.07. The van der Waals surface area contributed by atoms with Gasteiger partial charge in [-0.25, -0.2) is 8.42 Å². The fourth-order valence-electron chi connectivity index (χ4n) is 1.98. The van der Waals surface area contributed by atoms with Gasteiger partial charge in [0.25, 0.3) is 0 Å². The van der Waals surface area contributed by atoms with Crippen molar-refractivity contribution in [3.8, 4) is 0 Å². The molecule has 1 atom stereocenters. The van der Waals surface area contributed by atoms with Crippen molar-refractivity contribution in [1.82, 2.24) is 4.72 Å². The molecule has 0 radical (unpaired) electrons. The molecule has 0 bridgehead atoms. The van der Waals surface area contributed by atoms with Crippen LogP contribution in [0.4, 0.5) is 0 Å². The average Bonchev–Trinajstić information content (AvgIpc) is 2.46. The largest absolute Gasteiger partial charge is 0.368 e. The lowest BCUT2D eigenvalue weighted by Gasteiger charge is -2.14. The van der Waals surface area contributed by atoms with Crippen LogP contribution in [0.3, 0.4) is 0 Å². The minimum absolute atomic E-state index is 0.0940. The number of benzene rings is 2. The third-order valence-corrected chi connectivity index (χ3v) is 4.54. The molecule has 1 amide bonds. The number of nitrogens with one attached hydrogen (secondary N) is 1. The Morgan fingerprint density at radius 2 is 1.90 bits per heavy atom. The molecule has 5 nitrogen and oxygen atoms in total. The molecule has 0 heterocycles. The average molecular weight is 304 g/mol. The molecule has 0 fully saturated rings. The fourth-order valence-corrected chi connectivity index (χ4v) is 3.23. The monoisotopic (exact) mass is 304 g/mol. The number of hydrogen-bond donors (Lipinski definition) is 2. The Balaban J connectivity index is 2.36. The predicted molar refractivity (Wildman–Crippen MR) is 82.1 cm³/mol. The molecule has 3 N–H and O–H groups in total. The van der Waals surface area contributed by atoms with E-state index in [4.69, 9.17) is 5.73 Å². The van der Waals surface area contributed by atoms with Crippen LogP contribution in [-0.2, 0) is 14.8 Å². The zero-order valence-electron chi connectivity index (χ0n) is 11.3. The second-order valence-corrected chi connectivity index (χ2v) is 6.32. The number of sulfonamides is 1. The van der Waals surface area contributed by atoms with Crippen molar-refractivity contribution in [2.24, 2.45) is 5.73 Å². The maximum Gasteiger partial charge on any atom is 0.241 e. The van der Waals surface area contributed by atoms with E-state index in [1.165, 1.54) is 12.1 Å². The van der Waals surface area contributed by atoms with E-state index < -0.39 is 22.0 Å². The van der Waals surface area contributed by atoms with E-state index in [9.17, 15) is 13.2 Å². The molecule has 6 heteroatoms. The topological polar surface area (TPSA) is 89.3 Å². The second-order valence-electron chi connectivity index (χ2n) is 4.61. The summed E-state index contributed by atoms with van der Waals surface area (Å²) in [5.41, 5.74) is 5.18. The maximum absolute atomic E-state index is 12.3. The van der Waals surface area contributed by atoms with Crippen LogP contribution in [0.1, 0.15) is 6.42 Å². The highest BCUT2D eigenvalue weighted by Crippen LogP contribution is 2.19. The predicted octanol–water partition coefficient (Wildman–Crippen LogP) is 1.55. The van der Waals surface area contributed by atoms with Crippen molar-refractivity contribution in [2.75, 3.05) is 0 Å². The standard InChI is InChI=1S/C15H16N2O3S/c1-2-5-14(15(16)18)17-21(19,20)13-9-8-11-6-3-4-7-12(11)10-13/h2-4,6-10,14,17H,1,5H2,(H2,16,18)/t14-/m1/s1. The van der Waals surface area contributed by atoms with E-state index in [0.717, 1.165) is 10.8 Å².